The normalized spacial score (nSPS) is 14.2. The van der Waals surface area contributed by atoms with E-state index in [-0.39, 0.29) is 29.1 Å². The summed E-state index contributed by atoms with van der Waals surface area (Å²) in [6, 6.07) is 18.8. The van der Waals surface area contributed by atoms with E-state index in [0.717, 1.165) is 30.0 Å². The van der Waals surface area contributed by atoms with Crippen LogP contribution < -0.4 is 14.4 Å². The molecular formula is C32H37Cl2N3O5S. The van der Waals surface area contributed by atoms with Gasteiger partial charge in [0.05, 0.1) is 27.2 Å². The molecule has 3 aromatic rings. The van der Waals surface area contributed by atoms with Crippen LogP contribution >= 0.6 is 23.2 Å². The highest BCUT2D eigenvalue weighted by atomic mass is 35.5. The van der Waals surface area contributed by atoms with Gasteiger partial charge in [-0.25, -0.2) is 8.42 Å². The van der Waals surface area contributed by atoms with Crippen molar-refractivity contribution in [2.45, 2.75) is 69.5 Å². The Hall–Kier alpha value is -3.27. The summed E-state index contributed by atoms with van der Waals surface area (Å²) < 4.78 is 35.0. The van der Waals surface area contributed by atoms with E-state index in [1.165, 1.54) is 17.0 Å². The number of sulfonamides is 1. The van der Waals surface area contributed by atoms with E-state index in [1.807, 2.05) is 6.92 Å². The fourth-order valence-corrected chi connectivity index (χ4v) is 7.06. The molecule has 1 fully saturated rings. The van der Waals surface area contributed by atoms with E-state index >= 15 is 0 Å². The molecule has 43 heavy (non-hydrogen) atoms. The lowest BCUT2D eigenvalue weighted by atomic mass is 10.1. The lowest BCUT2D eigenvalue weighted by molar-refractivity contribution is -0.140. The number of halogens is 2. The number of carbonyl (C=O) groups excluding carboxylic acids is 2. The Balaban J connectivity index is 1.75. The molecule has 4 rings (SSSR count). The Morgan fingerprint density at radius 1 is 0.953 bits per heavy atom. The molecule has 230 valence electrons. The van der Waals surface area contributed by atoms with Crippen molar-refractivity contribution < 1.29 is 22.7 Å². The van der Waals surface area contributed by atoms with Gasteiger partial charge in [-0.3, -0.25) is 13.9 Å². The molecule has 0 aromatic heterocycles. The molecule has 1 atom stereocenters. The van der Waals surface area contributed by atoms with Crippen LogP contribution in [0.15, 0.2) is 77.7 Å². The molecule has 1 saturated carbocycles. The Morgan fingerprint density at radius 2 is 1.63 bits per heavy atom. The van der Waals surface area contributed by atoms with Crippen LogP contribution in [0.2, 0.25) is 10.0 Å². The molecule has 1 aliphatic carbocycles. The predicted octanol–water partition coefficient (Wildman–Crippen LogP) is 6.45. The second-order valence-corrected chi connectivity index (χ2v) is 13.1. The molecule has 1 unspecified atom stereocenters. The summed E-state index contributed by atoms with van der Waals surface area (Å²) in [4.78, 5) is 29.4. The quantitative estimate of drug-likeness (QED) is 0.230. The fourth-order valence-electron chi connectivity index (χ4n) is 5.30. The van der Waals surface area contributed by atoms with Gasteiger partial charge in [-0.1, -0.05) is 79.4 Å². The molecule has 11 heteroatoms. The largest absolute Gasteiger partial charge is 0.492 e. The maximum absolute atomic E-state index is 14.3. The van der Waals surface area contributed by atoms with Gasteiger partial charge in [-0.2, -0.15) is 0 Å². The Morgan fingerprint density at radius 3 is 2.28 bits per heavy atom. The summed E-state index contributed by atoms with van der Waals surface area (Å²) in [5.41, 5.74) is 0.876. The number of rotatable bonds is 13. The highest BCUT2D eigenvalue weighted by Gasteiger charge is 2.35. The van der Waals surface area contributed by atoms with E-state index in [2.05, 4.69) is 5.32 Å². The van der Waals surface area contributed by atoms with Gasteiger partial charge >= 0.3 is 0 Å². The Bertz CT molecular complexity index is 1510. The number of hydrogen-bond donors (Lipinski definition) is 1. The van der Waals surface area contributed by atoms with Gasteiger partial charge in [0, 0.05) is 12.6 Å². The lowest BCUT2D eigenvalue weighted by Gasteiger charge is -2.34. The zero-order chi connectivity index (χ0) is 31.0. The molecule has 1 N–H and O–H groups in total. The van der Waals surface area contributed by atoms with Gasteiger partial charge < -0.3 is 15.0 Å². The first-order chi connectivity index (χ1) is 20.6. The smallest absolute Gasteiger partial charge is 0.264 e. The van der Waals surface area contributed by atoms with E-state index in [4.69, 9.17) is 27.9 Å². The maximum atomic E-state index is 14.3. The highest BCUT2D eigenvalue weighted by Crippen LogP contribution is 2.33. The van der Waals surface area contributed by atoms with Crippen molar-refractivity contribution in [1.29, 1.82) is 0 Å². The maximum Gasteiger partial charge on any atom is 0.264 e. The zero-order valence-electron chi connectivity index (χ0n) is 24.3. The molecule has 0 radical (unpaired) electrons. The van der Waals surface area contributed by atoms with Gasteiger partial charge in [-0.05, 0) is 68.1 Å². The van der Waals surface area contributed by atoms with Crippen LogP contribution in [-0.2, 0) is 26.2 Å². The van der Waals surface area contributed by atoms with Crippen molar-refractivity contribution in [2.75, 3.05) is 17.5 Å². The first kappa shape index (κ1) is 32.6. The fraction of sp³-hybridized carbons (Fsp3) is 0.375. The SMILES string of the molecule is CCOc1ccccc1N(CC(=O)N(Cc1ccc(Cl)c(Cl)c1)C(CC)C(=O)NC1CCCC1)S(=O)(=O)c1ccccc1. The number of nitrogens with zero attached hydrogens (tertiary/aromatic N) is 2. The summed E-state index contributed by atoms with van der Waals surface area (Å²) in [6.07, 6.45) is 4.19. The van der Waals surface area contributed by atoms with Crippen molar-refractivity contribution in [1.82, 2.24) is 10.2 Å². The summed E-state index contributed by atoms with van der Waals surface area (Å²) in [5, 5.41) is 3.78. The molecule has 3 aromatic carbocycles. The van der Waals surface area contributed by atoms with Crippen LogP contribution in [0.25, 0.3) is 0 Å². The van der Waals surface area contributed by atoms with Crippen LogP contribution in [0.4, 0.5) is 5.69 Å². The van der Waals surface area contributed by atoms with Gasteiger partial charge in [0.15, 0.2) is 0 Å². The molecule has 0 bridgehead atoms. The number of ether oxygens (including phenoxy) is 1. The van der Waals surface area contributed by atoms with Crippen LogP contribution in [0.3, 0.4) is 0 Å². The van der Waals surface area contributed by atoms with Crippen LogP contribution in [0, 0.1) is 0 Å². The Kier molecular flexibility index (Phi) is 11.3. The van der Waals surface area contributed by atoms with E-state index in [0.29, 0.717) is 34.4 Å². The minimum Gasteiger partial charge on any atom is -0.492 e. The summed E-state index contributed by atoms with van der Waals surface area (Å²) in [7, 11) is -4.21. The van der Waals surface area contributed by atoms with E-state index in [1.54, 1.807) is 67.6 Å². The number of nitrogens with one attached hydrogen (secondary N) is 1. The van der Waals surface area contributed by atoms with Gasteiger partial charge in [0.1, 0.15) is 18.3 Å². The van der Waals surface area contributed by atoms with Crippen molar-refractivity contribution in [2.24, 2.45) is 0 Å². The third-order valence-electron chi connectivity index (χ3n) is 7.47. The van der Waals surface area contributed by atoms with Gasteiger partial charge in [0.25, 0.3) is 10.0 Å². The first-order valence-electron chi connectivity index (χ1n) is 14.5. The zero-order valence-corrected chi connectivity index (χ0v) is 26.7. The molecule has 0 saturated heterocycles. The second-order valence-electron chi connectivity index (χ2n) is 10.4. The van der Waals surface area contributed by atoms with E-state index in [9.17, 15) is 18.0 Å². The molecule has 0 spiro atoms. The molecule has 1 aliphatic rings. The molecule has 8 nitrogen and oxygen atoms in total. The minimum absolute atomic E-state index is 0.0242. The molecular weight excluding hydrogens is 609 g/mol. The van der Waals surface area contributed by atoms with Gasteiger partial charge in [-0.15, -0.1) is 0 Å². The number of carbonyl (C=O) groups is 2. The van der Waals surface area contributed by atoms with Crippen molar-refractivity contribution in [3.63, 3.8) is 0 Å². The highest BCUT2D eigenvalue weighted by molar-refractivity contribution is 7.92. The van der Waals surface area contributed by atoms with Crippen molar-refractivity contribution >= 4 is 50.7 Å². The number of benzene rings is 3. The molecule has 2 amide bonds. The summed E-state index contributed by atoms with van der Waals surface area (Å²) in [5.74, 6) is -0.500. The average Bonchev–Trinajstić information content (AvgIpc) is 3.51. The average molecular weight is 647 g/mol. The Labute approximate surface area is 264 Å². The topological polar surface area (TPSA) is 96.0 Å². The number of para-hydroxylation sites is 2. The standard InChI is InChI=1S/C32H37Cl2N3O5S/c1-3-28(32(39)35-24-12-8-9-13-24)36(21-23-18-19-26(33)27(34)20-23)31(38)22-37(29-16-10-11-17-30(29)42-4-2)43(40,41)25-14-6-5-7-15-25/h5-7,10-11,14-20,24,28H,3-4,8-9,12-13,21-22H2,1-2H3,(H,35,39). The second kappa shape index (κ2) is 14.9. The van der Waals surface area contributed by atoms with Crippen LogP contribution in [0.5, 0.6) is 5.75 Å². The number of anilines is 1. The monoisotopic (exact) mass is 645 g/mol. The number of amides is 2. The van der Waals surface area contributed by atoms with Gasteiger partial charge in [0.2, 0.25) is 11.8 Å². The predicted molar refractivity (Wildman–Crippen MR) is 170 cm³/mol. The van der Waals surface area contributed by atoms with E-state index < -0.39 is 28.5 Å². The van der Waals surface area contributed by atoms with Crippen molar-refractivity contribution in [3.05, 3.63) is 88.4 Å². The lowest BCUT2D eigenvalue weighted by Crippen LogP contribution is -2.53. The number of hydrogen-bond acceptors (Lipinski definition) is 5. The molecule has 0 aliphatic heterocycles. The third-order valence-corrected chi connectivity index (χ3v) is 9.98. The summed E-state index contributed by atoms with van der Waals surface area (Å²) >= 11 is 12.4. The van der Waals surface area contributed by atoms with Crippen LogP contribution in [-0.4, -0.2) is 50.4 Å². The minimum atomic E-state index is -4.21. The third kappa shape index (κ3) is 8.02. The van der Waals surface area contributed by atoms with Crippen molar-refractivity contribution in [3.8, 4) is 5.75 Å². The van der Waals surface area contributed by atoms with Crippen LogP contribution in [0.1, 0.15) is 51.5 Å². The first-order valence-corrected chi connectivity index (χ1v) is 16.7. The molecule has 0 heterocycles. The summed E-state index contributed by atoms with van der Waals surface area (Å²) in [6.45, 7) is 3.39.